The molecular formula is C26H23N3O5. The Labute approximate surface area is 195 Å². The molecule has 1 unspecified atom stereocenters. The first-order valence-electron chi connectivity index (χ1n) is 10.7. The van der Waals surface area contributed by atoms with E-state index in [4.69, 9.17) is 9.15 Å². The molecule has 0 aliphatic heterocycles. The zero-order valence-corrected chi connectivity index (χ0v) is 18.7. The zero-order chi connectivity index (χ0) is 24.1. The summed E-state index contributed by atoms with van der Waals surface area (Å²) in [7, 11) is 0. The second-order valence-electron chi connectivity index (χ2n) is 7.79. The van der Waals surface area contributed by atoms with E-state index in [9.17, 15) is 14.4 Å². The van der Waals surface area contributed by atoms with Gasteiger partial charge in [0.2, 0.25) is 12.0 Å². The average Bonchev–Trinajstić information content (AvgIpc) is 3.21. The van der Waals surface area contributed by atoms with Crippen LogP contribution in [-0.4, -0.2) is 21.7 Å². The lowest BCUT2D eigenvalue weighted by Crippen LogP contribution is -2.29. The molecule has 4 rings (SSSR count). The number of aromatic nitrogens is 2. The number of nitrogens with zero attached hydrogens (tertiary/aromatic N) is 2. The first kappa shape index (κ1) is 22.7. The lowest BCUT2D eigenvalue weighted by molar-refractivity contribution is -0.155. The highest BCUT2D eigenvalue weighted by Gasteiger charge is 2.26. The summed E-state index contributed by atoms with van der Waals surface area (Å²) in [4.78, 5) is 38.1. The topological polar surface area (TPSA) is 103 Å². The van der Waals surface area contributed by atoms with Crippen LogP contribution < -0.4 is 11.1 Å². The maximum atomic E-state index is 13.1. The highest BCUT2D eigenvalue weighted by molar-refractivity contribution is 5.96. The number of hydrogen-bond donors (Lipinski definition) is 1. The van der Waals surface area contributed by atoms with Gasteiger partial charge in [0.05, 0.1) is 0 Å². The highest BCUT2D eigenvalue weighted by atomic mass is 16.5. The van der Waals surface area contributed by atoms with Gasteiger partial charge in [0.15, 0.2) is 0 Å². The van der Waals surface area contributed by atoms with Crippen molar-refractivity contribution in [1.82, 2.24) is 9.78 Å². The minimum Gasteiger partial charge on any atom is -0.446 e. The Morgan fingerprint density at radius 1 is 1.00 bits per heavy atom. The predicted octanol–water partition coefficient (Wildman–Crippen LogP) is 4.04. The van der Waals surface area contributed by atoms with E-state index in [-0.39, 0.29) is 5.89 Å². The van der Waals surface area contributed by atoms with Gasteiger partial charge in [-0.2, -0.15) is 4.68 Å². The fourth-order valence-corrected chi connectivity index (χ4v) is 3.36. The van der Waals surface area contributed by atoms with Crippen molar-refractivity contribution in [3.63, 3.8) is 0 Å². The number of esters is 1. The van der Waals surface area contributed by atoms with E-state index in [0.717, 1.165) is 15.8 Å². The number of carbonyl (C=O) groups is 2. The number of carbonyl (C=O) groups excluding carboxylic acids is 2. The Hall–Kier alpha value is -4.46. The van der Waals surface area contributed by atoms with Crippen LogP contribution >= 0.6 is 0 Å². The van der Waals surface area contributed by atoms with E-state index in [1.165, 1.54) is 0 Å². The largest absolute Gasteiger partial charge is 0.446 e. The standard InChI is InChI=1S/C26H23N3O5/c1-17-13-14-18(2)21(15-17)27-24(31)23(19-9-5-3-6-10-19)33-22(30)16-29-26(32)34-25(28-29)20-11-7-4-8-12-20/h3-15,23H,16H2,1-2H3,(H,27,31). The molecule has 0 saturated heterocycles. The van der Waals surface area contributed by atoms with Gasteiger partial charge in [-0.3, -0.25) is 9.59 Å². The molecule has 4 aromatic rings. The highest BCUT2D eigenvalue weighted by Crippen LogP contribution is 2.23. The van der Waals surface area contributed by atoms with Crippen molar-refractivity contribution in [3.8, 4) is 11.5 Å². The summed E-state index contributed by atoms with van der Waals surface area (Å²) in [5.41, 5.74) is 3.58. The van der Waals surface area contributed by atoms with Crippen LogP contribution in [0.4, 0.5) is 5.69 Å². The molecule has 1 aromatic heterocycles. The molecule has 0 aliphatic rings. The summed E-state index contributed by atoms with van der Waals surface area (Å²) in [6.45, 7) is 3.29. The smallest absolute Gasteiger partial charge is 0.437 e. The third-order valence-electron chi connectivity index (χ3n) is 5.15. The second kappa shape index (κ2) is 9.99. The second-order valence-corrected chi connectivity index (χ2v) is 7.79. The van der Waals surface area contributed by atoms with Gasteiger partial charge in [-0.1, -0.05) is 60.7 Å². The van der Waals surface area contributed by atoms with Gasteiger partial charge in [0, 0.05) is 16.8 Å². The minimum absolute atomic E-state index is 0.0886. The normalized spacial score (nSPS) is 11.6. The van der Waals surface area contributed by atoms with Crippen molar-refractivity contribution >= 4 is 17.6 Å². The van der Waals surface area contributed by atoms with E-state index in [1.54, 1.807) is 54.6 Å². The molecule has 3 aromatic carbocycles. The first-order valence-corrected chi connectivity index (χ1v) is 10.7. The third-order valence-corrected chi connectivity index (χ3v) is 5.15. The summed E-state index contributed by atoms with van der Waals surface area (Å²) >= 11 is 0. The Kier molecular flexibility index (Phi) is 6.68. The number of ether oxygens (including phenoxy) is 1. The lowest BCUT2D eigenvalue weighted by Gasteiger charge is -2.19. The maximum Gasteiger partial charge on any atom is 0.437 e. The molecule has 0 saturated carbocycles. The molecule has 1 atom stereocenters. The van der Waals surface area contributed by atoms with Crippen LogP contribution in [0.25, 0.3) is 11.5 Å². The molecule has 1 heterocycles. The SMILES string of the molecule is Cc1ccc(C)c(NC(=O)C(OC(=O)Cn2nc(-c3ccccc3)oc2=O)c2ccccc2)c1. The molecule has 8 heteroatoms. The number of rotatable bonds is 7. The Morgan fingerprint density at radius 3 is 2.38 bits per heavy atom. The van der Waals surface area contributed by atoms with Crippen molar-refractivity contribution in [2.24, 2.45) is 0 Å². The molecule has 0 spiro atoms. The van der Waals surface area contributed by atoms with Gasteiger partial charge < -0.3 is 14.5 Å². The number of benzene rings is 3. The molecular weight excluding hydrogens is 434 g/mol. The number of amides is 1. The molecule has 0 fully saturated rings. The van der Waals surface area contributed by atoms with Crippen LogP contribution in [0.5, 0.6) is 0 Å². The molecule has 8 nitrogen and oxygen atoms in total. The molecule has 34 heavy (non-hydrogen) atoms. The first-order chi connectivity index (χ1) is 16.4. The molecule has 172 valence electrons. The molecule has 0 bridgehead atoms. The summed E-state index contributed by atoms with van der Waals surface area (Å²) in [6, 6.07) is 23.2. The average molecular weight is 457 g/mol. The van der Waals surface area contributed by atoms with Crippen molar-refractivity contribution in [1.29, 1.82) is 0 Å². The molecule has 1 N–H and O–H groups in total. The molecule has 0 aliphatic carbocycles. The zero-order valence-electron chi connectivity index (χ0n) is 18.7. The monoisotopic (exact) mass is 457 g/mol. The van der Waals surface area contributed by atoms with Crippen molar-refractivity contribution in [2.75, 3.05) is 5.32 Å². The van der Waals surface area contributed by atoms with Crippen LogP contribution in [0, 0.1) is 13.8 Å². The maximum absolute atomic E-state index is 13.1. The number of nitrogens with one attached hydrogen (secondary N) is 1. The Bertz CT molecular complexity index is 1360. The van der Waals surface area contributed by atoms with E-state index < -0.39 is 30.3 Å². The fourth-order valence-electron chi connectivity index (χ4n) is 3.36. The van der Waals surface area contributed by atoms with Crippen molar-refractivity contribution in [3.05, 3.63) is 106 Å². The van der Waals surface area contributed by atoms with Gasteiger partial charge in [-0.15, -0.1) is 5.10 Å². The summed E-state index contributed by atoms with van der Waals surface area (Å²) in [5.74, 6) is -2.02. The van der Waals surface area contributed by atoms with Crippen molar-refractivity contribution < 1.29 is 18.7 Å². The number of anilines is 1. The van der Waals surface area contributed by atoms with Crippen LogP contribution in [0.2, 0.25) is 0 Å². The number of aryl methyl sites for hydroxylation is 2. The Balaban J connectivity index is 1.53. The van der Waals surface area contributed by atoms with E-state index in [1.807, 2.05) is 38.1 Å². The van der Waals surface area contributed by atoms with Gasteiger partial charge >= 0.3 is 11.7 Å². The lowest BCUT2D eigenvalue weighted by atomic mass is 10.1. The van der Waals surface area contributed by atoms with Gasteiger partial charge in [0.1, 0.15) is 6.54 Å². The van der Waals surface area contributed by atoms with Crippen LogP contribution in [0.15, 0.2) is 88.1 Å². The molecule has 1 amide bonds. The van der Waals surface area contributed by atoms with Crippen LogP contribution in [0.3, 0.4) is 0 Å². The summed E-state index contributed by atoms with van der Waals surface area (Å²) in [6.07, 6.45) is -1.22. The quantitative estimate of drug-likeness (QED) is 0.420. The minimum atomic E-state index is -1.22. The third kappa shape index (κ3) is 5.29. The molecule has 0 radical (unpaired) electrons. The number of hydrogen-bond acceptors (Lipinski definition) is 6. The van der Waals surface area contributed by atoms with Gasteiger partial charge in [-0.05, 0) is 43.2 Å². The van der Waals surface area contributed by atoms with E-state index in [0.29, 0.717) is 16.8 Å². The van der Waals surface area contributed by atoms with E-state index >= 15 is 0 Å². The van der Waals surface area contributed by atoms with Gasteiger partial charge in [0.25, 0.3) is 5.91 Å². The fraction of sp³-hybridized carbons (Fsp3) is 0.154. The van der Waals surface area contributed by atoms with Crippen LogP contribution in [0.1, 0.15) is 22.8 Å². The summed E-state index contributed by atoms with van der Waals surface area (Å²) in [5, 5.41) is 6.91. The van der Waals surface area contributed by atoms with Crippen LogP contribution in [-0.2, 0) is 20.9 Å². The summed E-state index contributed by atoms with van der Waals surface area (Å²) < 4.78 is 11.5. The predicted molar refractivity (Wildman–Crippen MR) is 126 cm³/mol. The van der Waals surface area contributed by atoms with E-state index in [2.05, 4.69) is 10.4 Å². The van der Waals surface area contributed by atoms with Crippen molar-refractivity contribution in [2.45, 2.75) is 26.5 Å². The van der Waals surface area contributed by atoms with Gasteiger partial charge in [-0.25, -0.2) is 4.79 Å². The Morgan fingerprint density at radius 2 is 1.68 bits per heavy atom.